The van der Waals surface area contributed by atoms with Crippen molar-refractivity contribution in [1.82, 2.24) is 0 Å². The van der Waals surface area contributed by atoms with Gasteiger partial charge in [0, 0.05) is 26.9 Å². The van der Waals surface area contributed by atoms with E-state index in [1.165, 1.54) is 5.56 Å². The predicted molar refractivity (Wildman–Crippen MR) is 85.7 cm³/mol. The Kier molecular flexibility index (Phi) is 7.77. The molecule has 0 aliphatic heterocycles. The number of hydrogen-bond donors (Lipinski definition) is 0. The molecule has 0 aliphatic carbocycles. The molecular formula is C16H26O3Si. The molecule has 1 rings (SSSR count). The van der Waals surface area contributed by atoms with Crippen molar-refractivity contribution in [1.29, 1.82) is 0 Å². The van der Waals surface area contributed by atoms with Crippen LogP contribution in [-0.4, -0.2) is 29.6 Å². The van der Waals surface area contributed by atoms with Crippen LogP contribution in [0.1, 0.15) is 30.9 Å². The monoisotopic (exact) mass is 294 g/mol. The third-order valence-corrected chi connectivity index (χ3v) is 6.30. The highest BCUT2D eigenvalue weighted by molar-refractivity contribution is 6.60. The van der Waals surface area contributed by atoms with Crippen LogP contribution in [-0.2, 0) is 19.7 Å². The van der Waals surface area contributed by atoms with Crippen molar-refractivity contribution in [2.24, 2.45) is 0 Å². The molecule has 0 atom stereocenters. The van der Waals surface area contributed by atoms with Gasteiger partial charge in [0.25, 0.3) is 0 Å². The summed E-state index contributed by atoms with van der Waals surface area (Å²) in [5, 5.41) is 0. The predicted octanol–water partition coefficient (Wildman–Crippen LogP) is 3.92. The van der Waals surface area contributed by atoms with Crippen LogP contribution in [0.5, 0.6) is 0 Å². The van der Waals surface area contributed by atoms with Crippen LogP contribution in [0.25, 0.3) is 6.08 Å². The maximum absolute atomic E-state index is 5.92. The highest BCUT2D eigenvalue weighted by Crippen LogP contribution is 2.17. The molecule has 4 heteroatoms. The average Bonchev–Trinajstić information content (AvgIpc) is 2.50. The van der Waals surface area contributed by atoms with Gasteiger partial charge in [-0.3, -0.25) is 0 Å². The molecule has 0 N–H and O–H groups in total. The average molecular weight is 294 g/mol. The Morgan fingerprint density at radius 1 is 1.25 bits per heavy atom. The first kappa shape index (κ1) is 17.1. The molecule has 3 nitrogen and oxygen atoms in total. The third-order valence-electron chi connectivity index (χ3n) is 3.30. The number of aryl methyl sites for hydroxylation is 1. The standard InChI is InChI=1S/C16H26O3Si/c1-5-13-20(17-3,18-4)19-12-8-11-16-10-7-9-15(6-2)14-16/h6-7,9-10,14H,2,5,8,11-13H2,1,3-4H3. The van der Waals surface area contributed by atoms with Crippen molar-refractivity contribution in [3.05, 3.63) is 42.0 Å². The van der Waals surface area contributed by atoms with E-state index in [1.807, 2.05) is 6.08 Å². The van der Waals surface area contributed by atoms with Crippen LogP contribution in [0.15, 0.2) is 30.8 Å². The van der Waals surface area contributed by atoms with Crippen molar-refractivity contribution in [3.8, 4) is 0 Å². The summed E-state index contributed by atoms with van der Waals surface area (Å²) < 4.78 is 16.9. The molecule has 0 fully saturated rings. The van der Waals surface area contributed by atoms with Crippen LogP contribution in [0.4, 0.5) is 0 Å². The first-order valence-corrected chi connectivity index (χ1v) is 9.08. The Bertz CT molecular complexity index is 402. The molecule has 0 aliphatic rings. The second-order valence-corrected chi connectivity index (χ2v) is 7.71. The van der Waals surface area contributed by atoms with Gasteiger partial charge in [-0.2, -0.15) is 0 Å². The van der Waals surface area contributed by atoms with Gasteiger partial charge in [-0.25, -0.2) is 0 Å². The highest BCUT2D eigenvalue weighted by atomic mass is 28.4. The summed E-state index contributed by atoms with van der Waals surface area (Å²) in [7, 11) is 0.943. The van der Waals surface area contributed by atoms with Gasteiger partial charge >= 0.3 is 8.80 Å². The van der Waals surface area contributed by atoms with E-state index in [9.17, 15) is 0 Å². The van der Waals surface area contributed by atoms with Gasteiger partial charge in [0.1, 0.15) is 0 Å². The lowest BCUT2D eigenvalue weighted by molar-refractivity contribution is 0.0969. The van der Waals surface area contributed by atoms with Gasteiger partial charge in [0.15, 0.2) is 0 Å². The van der Waals surface area contributed by atoms with Crippen LogP contribution >= 0.6 is 0 Å². The van der Waals surface area contributed by atoms with Gasteiger partial charge in [0.05, 0.1) is 0 Å². The summed E-state index contributed by atoms with van der Waals surface area (Å²) in [4.78, 5) is 0. The summed E-state index contributed by atoms with van der Waals surface area (Å²) >= 11 is 0. The first-order valence-electron chi connectivity index (χ1n) is 7.15. The van der Waals surface area contributed by atoms with Gasteiger partial charge in [-0.15, -0.1) is 0 Å². The van der Waals surface area contributed by atoms with Crippen molar-refractivity contribution in [2.75, 3.05) is 20.8 Å². The summed E-state index contributed by atoms with van der Waals surface area (Å²) in [5.41, 5.74) is 2.47. The molecule has 0 saturated carbocycles. The number of hydrogen-bond acceptors (Lipinski definition) is 3. The Hall–Kier alpha value is -0.943. The summed E-state index contributed by atoms with van der Waals surface area (Å²) in [6, 6.07) is 9.29. The topological polar surface area (TPSA) is 27.7 Å². The highest BCUT2D eigenvalue weighted by Gasteiger charge is 2.37. The molecule has 0 heterocycles. The molecule has 0 amide bonds. The molecule has 1 aromatic carbocycles. The lowest BCUT2D eigenvalue weighted by atomic mass is 10.1. The summed E-state index contributed by atoms with van der Waals surface area (Å²) in [6.45, 7) is 6.58. The van der Waals surface area contributed by atoms with E-state index in [0.29, 0.717) is 6.61 Å². The largest absolute Gasteiger partial charge is 0.500 e. The smallest absolute Gasteiger partial charge is 0.377 e. The second-order valence-electron chi connectivity index (χ2n) is 4.74. The molecule has 0 aromatic heterocycles. The van der Waals surface area contributed by atoms with Crippen LogP contribution in [0, 0.1) is 0 Å². The molecule has 0 saturated heterocycles. The number of rotatable bonds is 10. The maximum atomic E-state index is 5.92. The minimum atomic E-state index is -2.42. The summed E-state index contributed by atoms with van der Waals surface area (Å²) in [6.07, 6.45) is 4.84. The van der Waals surface area contributed by atoms with Crippen molar-refractivity contribution < 1.29 is 13.3 Å². The first-order chi connectivity index (χ1) is 9.69. The van der Waals surface area contributed by atoms with Crippen LogP contribution < -0.4 is 0 Å². The van der Waals surface area contributed by atoms with Gasteiger partial charge in [-0.1, -0.05) is 50.3 Å². The van der Waals surface area contributed by atoms with Crippen LogP contribution in [0.2, 0.25) is 6.04 Å². The van der Waals surface area contributed by atoms with E-state index < -0.39 is 8.80 Å². The fourth-order valence-electron chi connectivity index (χ4n) is 2.16. The second kappa shape index (κ2) is 9.08. The van der Waals surface area contributed by atoms with Crippen molar-refractivity contribution >= 4 is 14.9 Å². The Labute approximate surface area is 123 Å². The SMILES string of the molecule is C=Cc1cccc(CCCO[Si](CCC)(OC)OC)c1. The van der Waals surface area contributed by atoms with E-state index in [2.05, 4.69) is 37.8 Å². The van der Waals surface area contributed by atoms with E-state index in [-0.39, 0.29) is 0 Å². The molecule has 112 valence electrons. The zero-order chi connectivity index (χ0) is 14.8. The van der Waals surface area contributed by atoms with Crippen molar-refractivity contribution in [2.45, 2.75) is 32.2 Å². The normalized spacial score (nSPS) is 11.6. The summed E-state index contributed by atoms with van der Waals surface area (Å²) in [5.74, 6) is 0. The molecule has 0 bridgehead atoms. The Morgan fingerprint density at radius 2 is 2.00 bits per heavy atom. The number of benzene rings is 1. The molecule has 1 aromatic rings. The minimum absolute atomic E-state index is 0.673. The Morgan fingerprint density at radius 3 is 2.60 bits per heavy atom. The maximum Gasteiger partial charge on any atom is 0.500 e. The van der Waals surface area contributed by atoms with E-state index in [4.69, 9.17) is 13.3 Å². The molecule has 0 radical (unpaired) electrons. The van der Waals surface area contributed by atoms with Gasteiger partial charge in [-0.05, 0) is 24.0 Å². The Balaban J connectivity index is 2.41. The third kappa shape index (κ3) is 5.21. The minimum Gasteiger partial charge on any atom is -0.377 e. The van der Waals surface area contributed by atoms with Gasteiger partial charge in [0.2, 0.25) is 0 Å². The van der Waals surface area contributed by atoms with E-state index in [1.54, 1.807) is 14.2 Å². The molecular weight excluding hydrogens is 268 g/mol. The quantitative estimate of drug-likeness (QED) is 0.483. The van der Waals surface area contributed by atoms with E-state index in [0.717, 1.165) is 30.9 Å². The van der Waals surface area contributed by atoms with Gasteiger partial charge < -0.3 is 13.3 Å². The fraction of sp³-hybridized carbons (Fsp3) is 0.500. The lowest BCUT2D eigenvalue weighted by Crippen LogP contribution is -2.43. The van der Waals surface area contributed by atoms with Crippen molar-refractivity contribution in [3.63, 3.8) is 0 Å². The zero-order valence-corrected chi connectivity index (χ0v) is 13.9. The molecule has 20 heavy (non-hydrogen) atoms. The molecule has 0 unspecified atom stereocenters. The zero-order valence-electron chi connectivity index (χ0n) is 12.9. The fourth-order valence-corrected chi connectivity index (χ4v) is 4.19. The van der Waals surface area contributed by atoms with E-state index >= 15 is 0 Å². The molecule has 0 spiro atoms. The van der Waals surface area contributed by atoms with Crippen LogP contribution in [0.3, 0.4) is 0 Å². The lowest BCUT2D eigenvalue weighted by Gasteiger charge is -2.25.